The molecular weight excluding hydrogens is 448 g/mol. The van der Waals surface area contributed by atoms with E-state index in [-0.39, 0.29) is 35.8 Å². The minimum absolute atomic E-state index is 0. The number of hydrogen-bond acceptors (Lipinski definition) is 4. The molecule has 0 aliphatic carbocycles. The van der Waals surface area contributed by atoms with Crippen LogP contribution in [0.5, 0.6) is 0 Å². The predicted octanol–water partition coefficient (Wildman–Crippen LogP) is 5.29. The summed E-state index contributed by atoms with van der Waals surface area (Å²) in [6.07, 6.45) is 1.97. The van der Waals surface area contributed by atoms with Gasteiger partial charge in [0.05, 0.1) is 0 Å². The topological polar surface area (TPSA) is 71.8 Å². The number of aromatic nitrogens is 3. The summed E-state index contributed by atoms with van der Waals surface area (Å²) in [5.41, 5.74) is 2.86. The molecule has 166 valence electrons. The molecule has 3 aromatic carbocycles. The Hall–Kier alpha value is -4.04. The minimum Gasteiger partial charge on any atom is -0.324 e. The molecule has 9 heteroatoms. The maximum atomic E-state index is 13.5. The molecule has 0 radical (unpaired) electrons. The van der Waals surface area contributed by atoms with Gasteiger partial charge in [-0.05, 0) is 53.6 Å². The van der Waals surface area contributed by atoms with Crippen molar-refractivity contribution in [3.63, 3.8) is 0 Å². The zero-order valence-electron chi connectivity index (χ0n) is 17.1. The first-order chi connectivity index (χ1) is 15.6. The second-order valence-electron chi connectivity index (χ2n) is 7.23. The Morgan fingerprint density at radius 3 is 2.21 bits per heavy atom. The Bertz CT molecular complexity index is 1310. The van der Waals surface area contributed by atoms with E-state index in [0.29, 0.717) is 5.95 Å². The first-order valence-electron chi connectivity index (χ1n) is 9.90. The van der Waals surface area contributed by atoms with E-state index in [1.807, 2.05) is 36.4 Å². The smallest absolute Gasteiger partial charge is 0.258 e. The van der Waals surface area contributed by atoms with E-state index in [4.69, 9.17) is 0 Å². The summed E-state index contributed by atoms with van der Waals surface area (Å²) in [7, 11) is 0. The lowest BCUT2D eigenvalue weighted by Crippen LogP contribution is -2.20. The highest BCUT2D eigenvalue weighted by molar-refractivity contribution is 6.03. The van der Waals surface area contributed by atoms with Crippen molar-refractivity contribution < 1.29 is 13.6 Å². The summed E-state index contributed by atoms with van der Waals surface area (Å²) >= 11 is 0. The average molecular weight is 466 g/mol. The third-order valence-electron chi connectivity index (χ3n) is 5.09. The molecule has 0 saturated heterocycles. The zero-order chi connectivity index (χ0) is 22.1. The van der Waals surface area contributed by atoms with Gasteiger partial charge in [-0.3, -0.25) is 10.1 Å². The molecule has 5 rings (SSSR count). The molecule has 1 atom stereocenters. The van der Waals surface area contributed by atoms with Crippen LogP contribution in [-0.4, -0.2) is 20.7 Å². The van der Waals surface area contributed by atoms with Crippen molar-refractivity contribution in [1.82, 2.24) is 14.8 Å². The zero-order valence-corrected chi connectivity index (χ0v) is 17.9. The third kappa shape index (κ3) is 4.61. The molecule has 1 aliphatic rings. The largest absolute Gasteiger partial charge is 0.324 e. The third-order valence-corrected chi connectivity index (χ3v) is 5.09. The number of nitrogens with zero attached hydrogens (tertiary/aromatic N) is 3. The number of halogens is 3. The second kappa shape index (κ2) is 9.22. The second-order valence-corrected chi connectivity index (χ2v) is 7.23. The molecule has 1 amide bonds. The maximum absolute atomic E-state index is 13.5. The summed E-state index contributed by atoms with van der Waals surface area (Å²) in [5.74, 6) is -0.696. The van der Waals surface area contributed by atoms with Crippen molar-refractivity contribution in [1.29, 1.82) is 0 Å². The molecule has 0 saturated carbocycles. The van der Waals surface area contributed by atoms with Gasteiger partial charge in [-0.1, -0.05) is 42.5 Å². The predicted molar refractivity (Wildman–Crippen MR) is 124 cm³/mol. The van der Waals surface area contributed by atoms with Crippen LogP contribution in [0.1, 0.15) is 27.5 Å². The van der Waals surface area contributed by atoms with Gasteiger partial charge in [0.1, 0.15) is 17.7 Å². The fourth-order valence-corrected chi connectivity index (χ4v) is 3.50. The van der Waals surface area contributed by atoms with Crippen molar-refractivity contribution in [3.8, 4) is 0 Å². The first kappa shape index (κ1) is 22.2. The lowest BCUT2D eigenvalue weighted by molar-refractivity contribution is 0.102. The normalized spacial score (nSPS) is 14.4. The lowest BCUT2D eigenvalue weighted by Gasteiger charge is -2.24. The molecule has 2 heterocycles. The molecule has 6 nitrogen and oxygen atoms in total. The van der Waals surface area contributed by atoms with E-state index < -0.39 is 11.7 Å². The number of fused-ring (bicyclic) bond motifs is 1. The number of amides is 1. The Morgan fingerprint density at radius 2 is 1.55 bits per heavy atom. The Morgan fingerprint density at radius 1 is 0.909 bits per heavy atom. The monoisotopic (exact) mass is 465 g/mol. The van der Waals surface area contributed by atoms with Gasteiger partial charge >= 0.3 is 0 Å². The number of nitrogens with one attached hydrogen (secondary N) is 2. The van der Waals surface area contributed by atoms with Crippen LogP contribution in [0, 0.1) is 11.6 Å². The van der Waals surface area contributed by atoms with Crippen molar-refractivity contribution >= 4 is 35.9 Å². The molecule has 1 aliphatic heterocycles. The summed E-state index contributed by atoms with van der Waals surface area (Å²) in [6, 6.07) is 20.7. The van der Waals surface area contributed by atoms with Crippen molar-refractivity contribution in [2.75, 3.05) is 10.6 Å². The van der Waals surface area contributed by atoms with Crippen LogP contribution < -0.4 is 10.6 Å². The summed E-state index contributed by atoms with van der Waals surface area (Å²) in [6.45, 7) is 0. The lowest BCUT2D eigenvalue weighted by atomic mass is 10.0. The maximum Gasteiger partial charge on any atom is 0.258 e. The van der Waals surface area contributed by atoms with Crippen LogP contribution in [0.4, 0.5) is 20.7 Å². The molecule has 0 bridgehead atoms. The Balaban J connectivity index is 0.00000259. The van der Waals surface area contributed by atoms with E-state index in [1.54, 1.807) is 16.8 Å². The number of anilines is 2. The van der Waals surface area contributed by atoms with Gasteiger partial charge in [-0.15, -0.1) is 17.5 Å². The highest BCUT2D eigenvalue weighted by Gasteiger charge is 2.26. The quantitative estimate of drug-likeness (QED) is 0.430. The van der Waals surface area contributed by atoms with Gasteiger partial charge in [-0.25, -0.2) is 13.5 Å². The van der Waals surface area contributed by atoms with E-state index in [0.717, 1.165) is 16.8 Å². The fraction of sp³-hybridized carbons (Fsp3) is 0.0417. The fourth-order valence-electron chi connectivity index (χ4n) is 3.50. The Labute approximate surface area is 194 Å². The van der Waals surface area contributed by atoms with Crippen molar-refractivity contribution in [3.05, 3.63) is 113 Å². The van der Waals surface area contributed by atoms with Crippen LogP contribution in [0.3, 0.4) is 0 Å². The highest BCUT2D eigenvalue weighted by Crippen LogP contribution is 2.33. The summed E-state index contributed by atoms with van der Waals surface area (Å²) in [5, 5.41) is 10.3. The van der Waals surface area contributed by atoms with E-state index in [9.17, 15) is 13.6 Å². The van der Waals surface area contributed by atoms with E-state index >= 15 is 0 Å². The molecule has 0 spiro atoms. The van der Waals surface area contributed by atoms with Crippen LogP contribution in [0.2, 0.25) is 0 Å². The molecule has 2 N–H and O–H groups in total. The number of carbonyl (C=O) groups excluding carboxylic acids is 1. The highest BCUT2D eigenvalue weighted by atomic mass is 35.5. The molecule has 1 unspecified atom stereocenters. The average Bonchev–Trinajstić information content (AvgIpc) is 3.22. The number of hydrogen-bond donors (Lipinski definition) is 2. The molecule has 4 aromatic rings. The van der Waals surface area contributed by atoms with Gasteiger partial charge in [0, 0.05) is 11.3 Å². The molecule has 1 aromatic heterocycles. The van der Waals surface area contributed by atoms with Gasteiger partial charge < -0.3 is 5.32 Å². The number of carbonyl (C=O) groups is 1. The molecule has 0 fully saturated rings. The number of benzene rings is 3. The molecule has 33 heavy (non-hydrogen) atoms. The van der Waals surface area contributed by atoms with Gasteiger partial charge in [0.2, 0.25) is 5.95 Å². The van der Waals surface area contributed by atoms with Crippen molar-refractivity contribution in [2.24, 2.45) is 0 Å². The Kier molecular flexibility index (Phi) is 6.19. The summed E-state index contributed by atoms with van der Waals surface area (Å²) < 4.78 is 28.3. The number of allylic oxidation sites excluding steroid dienone is 1. The first-order valence-corrected chi connectivity index (χ1v) is 9.90. The van der Waals surface area contributed by atoms with E-state index in [2.05, 4.69) is 20.7 Å². The van der Waals surface area contributed by atoms with Gasteiger partial charge in [-0.2, -0.15) is 4.98 Å². The number of rotatable bonds is 4. The van der Waals surface area contributed by atoms with Gasteiger partial charge in [0.15, 0.2) is 0 Å². The molecular formula is C24H18ClF2N5O. The summed E-state index contributed by atoms with van der Waals surface area (Å²) in [4.78, 5) is 16.9. The van der Waals surface area contributed by atoms with Crippen LogP contribution in [0.15, 0.2) is 84.9 Å². The van der Waals surface area contributed by atoms with Crippen LogP contribution in [0.25, 0.3) is 5.70 Å². The van der Waals surface area contributed by atoms with Crippen LogP contribution in [-0.2, 0) is 0 Å². The van der Waals surface area contributed by atoms with Gasteiger partial charge in [0.25, 0.3) is 11.9 Å². The minimum atomic E-state index is -0.456. The SMILES string of the molecule is Cl.O=C(Nc1nc2n(n1)C(c1ccc(F)cc1)C=C(c1ccccc1)N2)c1ccc(F)cc1. The van der Waals surface area contributed by atoms with Crippen molar-refractivity contribution in [2.45, 2.75) is 6.04 Å². The van der Waals surface area contributed by atoms with Crippen LogP contribution >= 0.6 is 12.4 Å². The standard InChI is InChI=1S/C24H17F2N5O.ClH/c25-18-10-6-16(7-11-18)21-14-20(15-4-2-1-3-5-15)27-24-29-23(30-31(21)24)28-22(32)17-8-12-19(26)13-9-17;/h1-14,21H,(H2,27,28,29,30,32);1H. The van der Waals surface area contributed by atoms with E-state index in [1.165, 1.54) is 36.4 Å².